The Kier molecular flexibility index (Phi) is 6.47. The van der Waals surface area contributed by atoms with Crippen molar-refractivity contribution in [3.8, 4) is 0 Å². The largest absolute Gasteiger partial charge is 0.443 e. The first kappa shape index (κ1) is 24.3. The Bertz CT molecular complexity index is 701. The summed E-state index contributed by atoms with van der Waals surface area (Å²) in [5.41, 5.74) is -0.842. The van der Waals surface area contributed by atoms with Gasteiger partial charge in [0.1, 0.15) is 23.9 Å². The molecule has 0 unspecified atom stereocenters. The van der Waals surface area contributed by atoms with Crippen molar-refractivity contribution in [1.29, 1.82) is 0 Å². The van der Waals surface area contributed by atoms with Gasteiger partial charge in [0, 0.05) is 0 Å². The van der Waals surface area contributed by atoms with Gasteiger partial charge in [-0.15, -0.1) is 0 Å². The predicted molar refractivity (Wildman–Crippen MR) is 107 cm³/mol. The molecule has 0 aromatic rings. The second-order valence-electron chi connectivity index (χ2n) is 10.3. The summed E-state index contributed by atoms with van der Waals surface area (Å²) in [6.07, 6.45) is -4.75. The van der Waals surface area contributed by atoms with E-state index in [2.05, 4.69) is 0 Å². The van der Waals surface area contributed by atoms with Gasteiger partial charge >= 0.3 is 6.09 Å². The monoisotopic (exact) mass is 445 g/mol. The molecule has 2 N–H and O–H groups in total. The van der Waals surface area contributed by atoms with E-state index in [1.54, 1.807) is 48.5 Å². The van der Waals surface area contributed by atoms with Crippen LogP contribution in [0.1, 0.15) is 54.9 Å². The molecular formula is C21H35NO9. The number of imide groups is 1. The van der Waals surface area contributed by atoms with E-state index >= 15 is 0 Å². The summed E-state index contributed by atoms with van der Waals surface area (Å²) in [7, 11) is 0. The molecular weight excluding hydrogens is 410 g/mol. The molecule has 0 spiro atoms. The molecule has 3 aliphatic heterocycles. The molecule has 0 aliphatic carbocycles. The van der Waals surface area contributed by atoms with E-state index in [0.717, 1.165) is 4.90 Å². The van der Waals surface area contributed by atoms with Crippen molar-refractivity contribution in [2.75, 3.05) is 13.2 Å². The third-order valence-corrected chi connectivity index (χ3v) is 5.60. The Hall–Kier alpha value is -1.30. The Balaban J connectivity index is 1.82. The number of ether oxygens (including phenoxy) is 5. The van der Waals surface area contributed by atoms with Gasteiger partial charge in [-0.2, -0.15) is 0 Å². The molecule has 6 atom stereocenters. The summed E-state index contributed by atoms with van der Waals surface area (Å²) in [6, 6.07) is -0.945. The highest BCUT2D eigenvalue weighted by Gasteiger charge is 2.55. The van der Waals surface area contributed by atoms with E-state index in [-0.39, 0.29) is 19.6 Å². The van der Waals surface area contributed by atoms with Crippen LogP contribution >= 0.6 is 0 Å². The first-order valence-electron chi connectivity index (χ1n) is 10.7. The Morgan fingerprint density at radius 1 is 1.03 bits per heavy atom. The number of aliphatic hydroxyl groups is 2. The van der Waals surface area contributed by atoms with Crippen molar-refractivity contribution in [1.82, 2.24) is 4.90 Å². The summed E-state index contributed by atoms with van der Waals surface area (Å²) in [5.74, 6) is -3.36. The lowest BCUT2D eigenvalue weighted by Gasteiger charge is -2.31. The smallest absolute Gasteiger partial charge is 0.417 e. The summed E-state index contributed by atoms with van der Waals surface area (Å²) in [5, 5.41) is 21.9. The van der Waals surface area contributed by atoms with Crippen LogP contribution < -0.4 is 0 Å². The van der Waals surface area contributed by atoms with Crippen molar-refractivity contribution in [2.45, 2.75) is 103 Å². The van der Waals surface area contributed by atoms with Crippen molar-refractivity contribution in [2.24, 2.45) is 5.92 Å². The topological polar surface area (TPSA) is 124 Å². The molecule has 10 nitrogen and oxygen atoms in total. The van der Waals surface area contributed by atoms with Crippen LogP contribution in [0.3, 0.4) is 0 Å². The maximum Gasteiger partial charge on any atom is 0.417 e. The Labute approximate surface area is 182 Å². The fraction of sp³-hybridized carbons (Fsp3) is 0.905. The maximum absolute atomic E-state index is 13.2. The predicted octanol–water partition coefficient (Wildman–Crippen LogP) is 1.16. The minimum absolute atomic E-state index is 0.0288. The second-order valence-corrected chi connectivity index (χ2v) is 10.3. The number of rotatable bonds is 4. The average molecular weight is 446 g/mol. The fourth-order valence-electron chi connectivity index (χ4n) is 4.20. The molecule has 31 heavy (non-hydrogen) atoms. The van der Waals surface area contributed by atoms with Crippen LogP contribution in [-0.2, 0) is 28.5 Å². The minimum atomic E-state index is -1.22. The molecule has 178 valence electrons. The molecule has 0 saturated carbocycles. The molecule has 3 saturated heterocycles. The Morgan fingerprint density at radius 2 is 1.52 bits per heavy atom. The van der Waals surface area contributed by atoms with Crippen LogP contribution in [0.5, 0.6) is 0 Å². The van der Waals surface area contributed by atoms with Gasteiger partial charge in [-0.05, 0) is 54.9 Å². The van der Waals surface area contributed by atoms with Crippen molar-refractivity contribution in [3.05, 3.63) is 0 Å². The second kappa shape index (κ2) is 8.24. The third-order valence-electron chi connectivity index (χ3n) is 5.60. The zero-order valence-corrected chi connectivity index (χ0v) is 19.3. The van der Waals surface area contributed by atoms with Gasteiger partial charge < -0.3 is 33.9 Å². The first-order chi connectivity index (χ1) is 14.1. The zero-order chi connectivity index (χ0) is 23.4. The minimum Gasteiger partial charge on any atom is -0.443 e. The van der Waals surface area contributed by atoms with Gasteiger partial charge in [-0.1, -0.05) is 0 Å². The van der Waals surface area contributed by atoms with E-state index in [4.69, 9.17) is 23.7 Å². The standard InChI is InChI=1S/C21H35NO9/c1-19(2,3)31-18(26)22-12(16(24)14-10-28-21(6,7)30-14)8-11(17(22)25)15(23)13-9-27-20(4,5)29-13/h11-16,23-24H,8-10H2,1-7H3/t11-,12+,13+,14+,15-,16-/m0/s1. The molecule has 0 radical (unpaired) electrons. The number of hydrogen-bond donors (Lipinski definition) is 2. The number of carbonyl (C=O) groups is 2. The fourth-order valence-corrected chi connectivity index (χ4v) is 4.20. The molecule has 10 heteroatoms. The summed E-state index contributed by atoms with van der Waals surface area (Å²) >= 11 is 0. The van der Waals surface area contributed by atoms with E-state index in [1.807, 2.05) is 0 Å². The van der Waals surface area contributed by atoms with Gasteiger partial charge in [0.15, 0.2) is 11.6 Å². The van der Waals surface area contributed by atoms with Gasteiger partial charge in [0.25, 0.3) is 0 Å². The molecule has 0 bridgehead atoms. The lowest BCUT2D eigenvalue weighted by Crippen LogP contribution is -2.51. The average Bonchev–Trinajstić information content (AvgIpc) is 3.26. The molecule has 3 heterocycles. The highest BCUT2D eigenvalue weighted by molar-refractivity contribution is 5.96. The van der Waals surface area contributed by atoms with Crippen molar-refractivity contribution >= 4 is 12.0 Å². The summed E-state index contributed by atoms with van der Waals surface area (Å²) in [6.45, 7) is 12.2. The van der Waals surface area contributed by atoms with Gasteiger partial charge in [-0.3, -0.25) is 4.79 Å². The van der Waals surface area contributed by atoms with Crippen molar-refractivity contribution < 1.29 is 43.5 Å². The summed E-state index contributed by atoms with van der Waals surface area (Å²) in [4.78, 5) is 27.0. The van der Waals surface area contributed by atoms with Crippen molar-refractivity contribution in [3.63, 3.8) is 0 Å². The lowest BCUT2D eigenvalue weighted by atomic mass is 9.92. The maximum atomic E-state index is 13.2. The van der Waals surface area contributed by atoms with E-state index < -0.39 is 65.6 Å². The van der Waals surface area contributed by atoms with Gasteiger partial charge in [-0.25, -0.2) is 9.69 Å². The number of hydrogen-bond acceptors (Lipinski definition) is 9. The van der Waals surface area contributed by atoms with Crippen LogP contribution in [-0.4, -0.2) is 88.0 Å². The number of amides is 2. The van der Waals surface area contributed by atoms with E-state index in [9.17, 15) is 19.8 Å². The van der Waals surface area contributed by atoms with Gasteiger partial charge in [0.05, 0.1) is 31.3 Å². The molecule has 3 rings (SSSR count). The first-order valence-corrected chi connectivity index (χ1v) is 10.7. The highest BCUT2D eigenvalue weighted by atomic mass is 16.8. The van der Waals surface area contributed by atoms with Crippen LogP contribution in [0.2, 0.25) is 0 Å². The molecule has 3 fully saturated rings. The third kappa shape index (κ3) is 5.37. The van der Waals surface area contributed by atoms with Crippen LogP contribution in [0.4, 0.5) is 4.79 Å². The zero-order valence-electron chi connectivity index (χ0n) is 19.3. The number of aliphatic hydroxyl groups excluding tert-OH is 2. The quantitative estimate of drug-likeness (QED) is 0.656. The SMILES string of the molecule is CC(C)(C)OC(=O)N1C(=O)[C@H]([C@H](O)[C@H]2COC(C)(C)O2)C[C@@H]1[C@H](O)[C@H]1COC(C)(C)O1. The van der Waals surface area contributed by atoms with Crippen LogP contribution in [0, 0.1) is 5.92 Å². The Morgan fingerprint density at radius 3 is 1.94 bits per heavy atom. The highest BCUT2D eigenvalue weighted by Crippen LogP contribution is 2.37. The van der Waals surface area contributed by atoms with Crippen LogP contribution in [0.25, 0.3) is 0 Å². The lowest BCUT2D eigenvalue weighted by molar-refractivity contribution is -0.159. The van der Waals surface area contributed by atoms with E-state index in [1.165, 1.54) is 0 Å². The molecule has 0 aromatic heterocycles. The molecule has 2 amide bonds. The van der Waals surface area contributed by atoms with Gasteiger partial charge in [0.2, 0.25) is 5.91 Å². The number of likely N-dealkylation sites (tertiary alicyclic amines) is 1. The number of carbonyl (C=O) groups excluding carboxylic acids is 2. The molecule has 3 aliphatic rings. The molecule has 0 aromatic carbocycles. The number of nitrogens with zero attached hydrogens (tertiary/aromatic N) is 1. The summed E-state index contributed by atoms with van der Waals surface area (Å²) < 4.78 is 27.9. The van der Waals surface area contributed by atoms with Crippen LogP contribution in [0.15, 0.2) is 0 Å². The normalized spacial score (nSPS) is 34.7. The van der Waals surface area contributed by atoms with E-state index in [0.29, 0.717) is 0 Å².